The average Bonchev–Trinajstić information content (AvgIpc) is 3.38. The van der Waals surface area contributed by atoms with Crippen LogP contribution in [0.1, 0.15) is 20.8 Å². The number of nitrogens with zero attached hydrogens (tertiary/aromatic N) is 2. The first-order valence-corrected chi connectivity index (χ1v) is 11.1. The van der Waals surface area contributed by atoms with E-state index in [2.05, 4.69) is 21.7 Å². The molecule has 33 heavy (non-hydrogen) atoms. The van der Waals surface area contributed by atoms with Crippen molar-refractivity contribution in [2.75, 3.05) is 32.0 Å². The zero-order valence-electron chi connectivity index (χ0n) is 18.5. The number of carbonyl (C=O) groups excluding carboxylic acids is 1. The van der Waals surface area contributed by atoms with Gasteiger partial charge in [0.2, 0.25) is 5.95 Å². The van der Waals surface area contributed by atoms with Crippen molar-refractivity contribution in [1.29, 1.82) is 0 Å². The van der Waals surface area contributed by atoms with Crippen molar-refractivity contribution in [3.63, 3.8) is 0 Å². The standard InChI is InChI=1S/C24H24N4O4S/c1-30-20-11-18-19(12-21(20)31-2)27-24(26-14-17-5-4-10-33-17)28-22(18)25-13-15-6-8-16(9-7-15)23(29)32-3/h4-12H,13-14H2,1-3H3,(H2,25,26,27,28). The van der Waals surface area contributed by atoms with Crippen molar-refractivity contribution < 1.29 is 19.0 Å². The zero-order valence-corrected chi connectivity index (χ0v) is 19.4. The van der Waals surface area contributed by atoms with Gasteiger partial charge in [-0.2, -0.15) is 4.98 Å². The van der Waals surface area contributed by atoms with E-state index in [1.54, 1.807) is 37.7 Å². The molecule has 170 valence electrons. The summed E-state index contributed by atoms with van der Waals surface area (Å²) in [6, 6.07) is 15.0. The molecule has 0 aliphatic heterocycles. The molecule has 0 aliphatic rings. The quantitative estimate of drug-likeness (QED) is 0.344. The molecule has 0 radical (unpaired) electrons. The summed E-state index contributed by atoms with van der Waals surface area (Å²) < 4.78 is 15.7. The van der Waals surface area contributed by atoms with Crippen LogP contribution >= 0.6 is 11.3 Å². The Balaban J connectivity index is 1.63. The van der Waals surface area contributed by atoms with Gasteiger partial charge in [-0.15, -0.1) is 11.3 Å². The molecule has 0 saturated heterocycles. The lowest BCUT2D eigenvalue weighted by Crippen LogP contribution is -2.08. The Morgan fingerprint density at radius 3 is 2.36 bits per heavy atom. The van der Waals surface area contributed by atoms with Gasteiger partial charge in [0.15, 0.2) is 11.5 Å². The molecule has 2 aromatic heterocycles. The highest BCUT2D eigenvalue weighted by molar-refractivity contribution is 7.09. The minimum Gasteiger partial charge on any atom is -0.493 e. The number of ether oxygens (including phenoxy) is 3. The van der Waals surface area contributed by atoms with Crippen molar-refractivity contribution in [2.45, 2.75) is 13.1 Å². The Kier molecular flexibility index (Phi) is 6.89. The second-order valence-electron chi connectivity index (χ2n) is 7.10. The number of thiophene rings is 1. The largest absolute Gasteiger partial charge is 0.493 e. The fourth-order valence-corrected chi connectivity index (χ4v) is 3.96. The highest BCUT2D eigenvalue weighted by Gasteiger charge is 2.14. The molecule has 0 unspecified atom stereocenters. The number of hydrogen-bond donors (Lipinski definition) is 2. The molecule has 0 bridgehead atoms. The van der Waals surface area contributed by atoms with Crippen molar-refractivity contribution in [3.05, 3.63) is 69.9 Å². The van der Waals surface area contributed by atoms with Crippen molar-refractivity contribution in [3.8, 4) is 11.5 Å². The van der Waals surface area contributed by atoms with E-state index < -0.39 is 0 Å². The van der Waals surface area contributed by atoms with E-state index >= 15 is 0 Å². The Morgan fingerprint density at radius 1 is 0.939 bits per heavy atom. The van der Waals surface area contributed by atoms with Crippen molar-refractivity contribution in [2.24, 2.45) is 0 Å². The minimum atomic E-state index is -0.362. The summed E-state index contributed by atoms with van der Waals surface area (Å²) in [6.07, 6.45) is 0. The number of esters is 1. The van der Waals surface area contributed by atoms with Crippen LogP contribution in [0.25, 0.3) is 10.9 Å². The minimum absolute atomic E-state index is 0.362. The number of rotatable bonds is 9. The fourth-order valence-electron chi connectivity index (χ4n) is 3.31. The number of hydrogen-bond acceptors (Lipinski definition) is 9. The van der Waals surface area contributed by atoms with Crippen LogP contribution in [0.3, 0.4) is 0 Å². The molecule has 0 spiro atoms. The summed E-state index contributed by atoms with van der Waals surface area (Å²) in [5, 5.41) is 9.52. The molecule has 4 rings (SSSR count). The molecular formula is C24H24N4O4S. The van der Waals surface area contributed by atoms with E-state index in [0.29, 0.717) is 41.9 Å². The van der Waals surface area contributed by atoms with E-state index in [1.807, 2.05) is 35.7 Å². The van der Waals surface area contributed by atoms with Crippen LogP contribution in [-0.4, -0.2) is 37.3 Å². The second kappa shape index (κ2) is 10.2. The molecule has 2 heterocycles. The summed E-state index contributed by atoms with van der Waals surface area (Å²) in [5.41, 5.74) is 2.22. The molecule has 0 atom stereocenters. The van der Waals surface area contributed by atoms with Gasteiger partial charge in [0.1, 0.15) is 5.82 Å². The number of benzene rings is 2. The van der Waals surface area contributed by atoms with Gasteiger partial charge in [0, 0.05) is 22.9 Å². The molecule has 0 saturated carbocycles. The topological polar surface area (TPSA) is 94.6 Å². The lowest BCUT2D eigenvalue weighted by molar-refractivity contribution is 0.0600. The molecule has 9 heteroatoms. The van der Waals surface area contributed by atoms with Gasteiger partial charge in [0.05, 0.1) is 39.0 Å². The van der Waals surface area contributed by atoms with Crippen LogP contribution in [0, 0.1) is 0 Å². The van der Waals surface area contributed by atoms with Crippen LogP contribution in [0.4, 0.5) is 11.8 Å². The number of aromatic nitrogens is 2. The smallest absolute Gasteiger partial charge is 0.337 e. The summed E-state index contributed by atoms with van der Waals surface area (Å²) in [5.74, 6) is 1.99. The highest BCUT2D eigenvalue weighted by Crippen LogP contribution is 2.34. The third kappa shape index (κ3) is 5.15. The summed E-state index contributed by atoms with van der Waals surface area (Å²) in [6.45, 7) is 1.14. The van der Waals surface area contributed by atoms with E-state index in [9.17, 15) is 4.79 Å². The normalized spacial score (nSPS) is 10.6. The molecule has 0 fully saturated rings. The van der Waals surface area contributed by atoms with E-state index in [-0.39, 0.29) is 5.97 Å². The van der Waals surface area contributed by atoms with Crippen molar-refractivity contribution >= 4 is 40.0 Å². The summed E-state index contributed by atoms with van der Waals surface area (Å²) in [4.78, 5) is 22.2. The SMILES string of the molecule is COC(=O)c1ccc(CNc2nc(NCc3cccs3)nc3cc(OC)c(OC)cc23)cc1. The van der Waals surface area contributed by atoms with Crippen LogP contribution in [0.2, 0.25) is 0 Å². The number of methoxy groups -OCH3 is 3. The van der Waals surface area contributed by atoms with Gasteiger partial charge in [0.25, 0.3) is 0 Å². The number of carbonyl (C=O) groups is 1. The molecule has 2 N–H and O–H groups in total. The second-order valence-corrected chi connectivity index (χ2v) is 8.13. The zero-order chi connectivity index (χ0) is 23.2. The lowest BCUT2D eigenvalue weighted by atomic mass is 10.1. The van der Waals surface area contributed by atoms with Gasteiger partial charge in [-0.05, 0) is 35.2 Å². The van der Waals surface area contributed by atoms with Gasteiger partial charge >= 0.3 is 5.97 Å². The maximum atomic E-state index is 11.7. The predicted molar refractivity (Wildman–Crippen MR) is 129 cm³/mol. The van der Waals surface area contributed by atoms with E-state index in [0.717, 1.165) is 16.5 Å². The molecule has 0 amide bonds. The third-order valence-corrected chi connectivity index (χ3v) is 5.91. The summed E-state index contributed by atoms with van der Waals surface area (Å²) >= 11 is 1.67. The monoisotopic (exact) mass is 464 g/mol. The van der Waals surface area contributed by atoms with Crippen LogP contribution in [0.15, 0.2) is 53.9 Å². The van der Waals surface area contributed by atoms with Crippen LogP contribution < -0.4 is 20.1 Å². The first-order valence-electron chi connectivity index (χ1n) is 10.2. The molecule has 0 aliphatic carbocycles. The first kappa shape index (κ1) is 22.3. The van der Waals surface area contributed by atoms with Gasteiger partial charge < -0.3 is 24.8 Å². The number of fused-ring (bicyclic) bond motifs is 1. The number of anilines is 2. The summed E-state index contributed by atoms with van der Waals surface area (Å²) in [7, 11) is 4.56. The fraction of sp³-hybridized carbons (Fsp3) is 0.208. The molecular weight excluding hydrogens is 440 g/mol. The lowest BCUT2D eigenvalue weighted by Gasteiger charge is -2.14. The maximum absolute atomic E-state index is 11.7. The first-order chi connectivity index (χ1) is 16.1. The third-order valence-electron chi connectivity index (χ3n) is 5.04. The van der Waals surface area contributed by atoms with Crippen LogP contribution in [-0.2, 0) is 17.8 Å². The Labute approximate surface area is 195 Å². The van der Waals surface area contributed by atoms with Crippen LogP contribution in [0.5, 0.6) is 11.5 Å². The van der Waals surface area contributed by atoms with Crippen molar-refractivity contribution in [1.82, 2.24) is 9.97 Å². The molecule has 4 aromatic rings. The average molecular weight is 465 g/mol. The van der Waals surface area contributed by atoms with Gasteiger partial charge in [-0.3, -0.25) is 0 Å². The number of nitrogens with one attached hydrogen (secondary N) is 2. The maximum Gasteiger partial charge on any atom is 0.337 e. The van der Waals surface area contributed by atoms with Gasteiger partial charge in [-0.1, -0.05) is 18.2 Å². The predicted octanol–water partition coefficient (Wildman–Crippen LogP) is 4.72. The Hall–Kier alpha value is -3.85. The Morgan fingerprint density at radius 2 is 1.70 bits per heavy atom. The molecule has 2 aromatic carbocycles. The van der Waals surface area contributed by atoms with Gasteiger partial charge in [-0.25, -0.2) is 9.78 Å². The van der Waals surface area contributed by atoms with E-state index in [1.165, 1.54) is 12.0 Å². The Bertz CT molecular complexity index is 1240. The van der Waals surface area contributed by atoms with E-state index in [4.69, 9.17) is 19.2 Å². The molecule has 8 nitrogen and oxygen atoms in total. The highest BCUT2D eigenvalue weighted by atomic mass is 32.1.